The van der Waals surface area contributed by atoms with Gasteiger partial charge < -0.3 is 10.3 Å². The number of anilines is 1. The molecule has 0 bridgehead atoms. The van der Waals surface area contributed by atoms with Crippen molar-refractivity contribution in [3.05, 3.63) is 58.8 Å². The van der Waals surface area contributed by atoms with Gasteiger partial charge in [0.2, 0.25) is 0 Å². The summed E-state index contributed by atoms with van der Waals surface area (Å²) >= 11 is 5.13. The van der Waals surface area contributed by atoms with Crippen molar-refractivity contribution in [3.8, 4) is 11.5 Å². The van der Waals surface area contributed by atoms with Crippen LogP contribution in [0.2, 0.25) is 0 Å². The van der Waals surface area contributed by atoms with Crippen molar-refractivity contribution in [1.82, 2.24) is 10.1 Å². The third kappa shape index (κ3) is 3.46. The van der Waals surface area contributed by atoms with Crippen molar-refractivity contribution in [3.63, 3.8) is 0 Å². The molecule has 3 rings (SSSR count). The van der Waals surface area contributed by atoms with E-state index in [2.05, 4.69) is 38.2 Å². The predicted molar refractivity (Wildman–Crippen MR) is 87.8 cm³/mol. The first-order valence-corrected chi connectivity index (χ1v) is 8.06. The summed E-state index contributed by atoms with van der Waals surface area (Å²) in [5, 5.41) is 4.01. The Balaban J connectivity index is 1.76. The molecule has 0 spiro atoms. The molecule has 2 N–H and O–H groups in total. The molecule has 6 heteroatoms. The summed E-state index contributed by atoms with van der Waals surface area (Å²) in [6.07, 6.45) is 0. The summed E-state index contributed by atoms with van der Waals surface area (Å²) in [4.78, 5) is 5.59. The molecule has 2 aromatic carbocycles. The standard InChI is InChI=1S/C15H12BrN3OS/c16-13-7-6-10(17)8-12(13)15-18-14(19-20-15)9-21-11-4-2-1-3-5-11/h1-8H,9,17H2. The van der Waals surface area contributed by atoms with Gasteiger partial charge in [-0.2, -0.15) is 4.98 Å². The summed E-state index contributed by atoms with van der Waals surface area (Å²) < 4.78 is 6.19. The van der Waals surface area contributed by atoms with Gasteiger partial charge in [-0.15, -0.1) is 11.8 Å². The van der Waals surface area contributed by atoms with Crippen LogP contribution in [0, 0.1) is 0 Å². The largest absolute Gasteiger partial charge is 0.399 e. The highest BCUT2D eigenvalue weighted by Crippen LogP contribution is 2.29. The van der Waals surface area contributed by atoms with Crippen LogP contribution >= 0.6 is 27.7 Å². The van der Waals surface area contributed by atoms with Crippen molar-refractivity contribution < 1.29 is 4.52 Å². The Bertz CT molecular complexity index is 746. The smallest absolute Gasteiger partial charge is 0.259 e. The summed E-state index contributed by atoms with van der Waals surface area (Å²) in [7, 11) is 0. The minimum Gasteiger partial charge on any atom is -0.399 e. The van der Waals surface area contributed by atoms with E-state index in [1.807, 2.05) is 36.4 Å². The van der Waals surface area contributed by atoms with Crippen molar-refractivity contribution in [2.75, 3.05) is 5.73 Å². The lowest BCUT2D eigenvalue weighted by atomic mass is 10.2. The average molecular weight is 362 g/mol. The lowest BCUT2D eigenvalue weighted by Crippen LogP contribution is -1.88. The topological polar surface area (TPSA) is 64.9 Å². The molecule has 0 aliphatic heterocycles. The summed E-state index contributed by atoms with van der Waals surface area (Å²) in [6.45, 7) is 0. The number of hydrogen-bond donors (Lipinski definition) is 1. The van der Waals surface area contributed by atoms with Crippen LogP contribution in [-0.4, -0.2) is 10.1 Å². The Morgan fingerprint density at radius 2 is 1.95 bits per heavy atom. The first kappa shape index (κ1) is 14.2. The second-order valence-corrected chi connectivity index (χ2v) is 6.26. The molecule has 0 aliphatic rings. The molecule has 1 aromatic heterocycles. The van der Waals surface area contributed by atoms with E-state index in [0.717, 1.165) is 10.0 Å². The van der Waals surface area contributed by atoms with Gasteiger partial charge in [-0.25, -0.2) is 0 Å². The van der Waals surface area contributed by atoms with Gasteiger partial charge in [0, 0.05) is 15.1 Å². The third-order valence-electron chi connectivity index (χ3n) is 2.80. The van der Waals surface area contributed by atoms with Gasteiger partial charge in [-0.1, -0.05) is 23.4 Å². The maximum absolute atomic E-state index is 5.79. The number of nitrogen functional groups attached to an aromatic ring is 1. The molecule has 0 fully saturated rings. The fourth-order valence-electron chi connectivity index (χ4n) is 1.79. The van der Waals surface area contributed by atoms with Crippen molar-refractivity contribution in [2.45, 2.75) is 10.6 Å². The average Bonchev–Trinajstić information content (AvgIpc) is 2.97. The second-order valence-electron chi connectivity index (χ2n) is 4.36. The lowest BCUT2D eigenvalue weighted by molar-refractivity contribution is 0.425. The molecular weight excluding hydrogens is 350 g/mol. The van der Waals surface area contributed by atoms with E-state index in [-0.39, 0.29) is 0 Å². The van der Waals surface area contributed by atoms with Crippen LogP contribution in [0.4, 0.5) is 5.69 Å². The Kier molecular flexibility index (Phi) is 4.26. The van der Waals surface area contributed by atoms with Gasteiger partial charge >= 0.3 is 0 Å². The molecule has 0 saturated carbocycles. The molecule has 0 atom stereocenters. The zero-order valence-electron chi connectivity index (χ0n) is 11.0. The number of nitrogens with two attached hydrogens (primary N) is 1. The maximum atomic E-state index is 5.79. The number of benzene rings is 2. The van der Waals surface area contributed by atoms with E-state index in [0.29, 0.717) is 23.2 Å². The zero-order chi connectivity index (χ0) is 14.7. The van der Waals surface area contributed by atoms with Gasteiger partial charge in [-0.3, -0.25) is 0 Å². The number of hydrogen-bond acceptors (Lipinski definition) is 5. The van der Waals surface area contributed by atoms with E-state index < -0.39 is 0 Å². The third-order valence-corrected chi connectivity index (χ3v) is 4.50. The maximum Gasteiger partial charge on any atom is 0.259 e. The minimum absolute atomic E-state index is 0.470. The highest BCUT2D eigenvalue weighted by molar-refractivity contribution is 9.10. The number of halogens is 1. The normalized spacial score (nSPS) is 10.7. The van der Waals surface area contributed by atoms with Crippen LogP contribution in [0.15, 0.2) is 62.4 Å². The van der Waals surface area contributed by atoms with Crippen molar-refractivity contribution in [2.24, 2.45) is 0 Å². The highest BCUT2D eigenvalue weighted by Gasteiger charge is 2.12. The van der Waals surface area contributed by atoms with Crippen LogP contribution in [0.1, 0.15) is 5.82 Å². The lowest BCUT2D eigenvalue weighted by Gasteiger charge is -2.00. The Labute approximate surface area is 134 Å². The SMILES string of the molecule is Nc1ccc(Br)c(-c2nc(CSc3ccccc3)no2)c1. The zero-order valence-corrected chi connectivity index (χ0v) is 13.4. The van der Waals surface area contributed by atoms with Gasteiger partial charge in [0.05, 0.1) is 11.3 Å². The van der Waals surface area contributed by atoms with E-state index >= 15 is 0 Å². The fourth-order valence-corrected chi connectivity index (χ4v) is 2.97. The number of rotatable bonds is 4. The van der Waals surface area contributed by atoms with Crippen LogP contribution in [0.3, 0.4) is 0 Å². The molecule has 1 heterocycles. The molecular formula is C15H12BrN3OS. The van der Waals surface area contributed by atoms with Gasteiger partial charge in [0.1, 0.15) is 0 Å². The number of thioether (sulfide) groups is 1. The van der Waals surface area contributed by atoms with E-state index in [9.17, 15) is 0 Å². The molecule has 4 nitrogen and oxygen atoms in total. The van der Waals surface area contributed by atoms with Crippen molar-refractivity contribution >= 4 is 33.4 Å². The molecule has 0 unspecified atom stereocenters. The summed E-state index contributed by atoms with van der Waals surface area (Å²) in [6, 6.07) is 15.6. The Morgan fingerprint density at radius 1 is 1.14 bits per heavy atom. The fraction of sp³-hybridized carbons (Fsp3) is 0.0667. The van der Waals surface area contributed by atoms with Crippen LogP contribution in [0.5, 0.6) is 0 Å². The van der Waals surface area contributed by atoms with Crippen LogP contribution < -0.4 is 5.73 Å². The van der Waals surface area contributed by atoms with Crippen molar-refractivity contribution in [1.29, 1.82) is 0 Å². The van der Waals surface area contributed by atoms with E-state index in [1.54, 1.807) is 11.8 Å². The number of aromatic nitrogens is 2. The Hall–Kier alpha value is -1.79. The van der Waals surface area contributed by atoms with Gasteiger partial charge in [0.15, 0.2) is 5.82 Å². The number of nitrogens with zero attached hydrogens (tertiary/aromatic N) is 2. The summed E-state index contributed by atoms with van der Waals surface area (Å²) in [5.41, 5.74) is 7.25. The highest BCUT2D eigenvalue weighted by atomic mass is 79.9. The molecule has 106 valence electrons. The molecule has 21 heavy (non-hydrogen) atoms. The van der Waals surface area contributed by atoms with E-state index in [4.69, 9.17) is 10.3 Å². The Morgan fingerprint density at radius 3 is 2.76 bits per heavy atom. The molecule has 0 amide bonds. The van der Waals surface area contributed by atoms with Gasteiger partial charge in [0.25, 0.3) is 5.89 Å². The van der Waals surface area contributed by atoms with Gasteiger partial charge in [-0.05, 0) is 46.3 Å². The molecule has 0 aliphatic carbocycles. The molecule has 0 radical (unpaired) electrons. The van der Waals surface area contributed by atoms with Crippen LogP contribution in [0.25, 0.3) is 11.5 Å². The molecule has 0 saturated heterocycles. The first-order chi connectivity index (χ1) is 10.2. The molecule has 3 aromatic rings. The van der Waals surface area contributed by atoms with Crippen LogP contribution in [-0.2, 0) is 5.75 Å². The second kappa shape index (κ2) is 6.32. The monoisotopic (exact) mass is 361 g/mol. The summed E-state index contributed by atoms with van der Waals surface area (Å²) in [5.74, 6) is 1.79. The first-order valence-electron chi connectivity index (χ1n) is 6.28. The van der Waals surface area contributed by atoms with E-state index in [1.165, 1.54) is 4.90 Å². The minimum atomic E-state index is 0.470. The predicted octanol–water partition coefficient (Wildman–Crippen LogP) is 4.37. The quantitative estimate of drug-likeness (QED) is 0.551.